The topological polar surface area (TPSA) is 36.9 Å². The molecule has 2 aliphatic carbocycles. The van der Waals surface area contributed by atoms with Crippen LogP contribution in [-0.2, 0) is 6.54 Å². The smallest absolute Gasteiger partial charge is 0.193 e. The molecule has 1 aromatic rings. The second-order valence-electron chi connectivity index (χ2n) is 7.06. The molecule has 0 bridgehead atoms. The Morgan fingerprint density at radius 3 is 2.65 bits per heavy atom. The number of ether oxygens (including phenoxy) is 1. The Morgan fingerprint density at radius 1 is 1.35 bits per heavy atom. The van der Waals surface area contributed by atoms with Crippen LogP contribution in [0.5, 0.6) is 5.75 Å². The molecule has 0 atom stereocenters. The Hall–Kier alpha value is -1.71. The van der Waals surface area contributed by atoms with Crippen molar-refractivity contribution in [3.63, 3.8) is 0 Å². The van der Waals surface area contributed by atoms with Gasteiger partial charge in [0.15, 0.2) is 5.96 Å². The van der Waals surface area contributed by atoms with E-state index in [1.54, 1.807) is 7.11 Å². The van der Waals surface area contributed by atoms with Crippen molar-refractivity contribution in [2.24, 2.45) is 16.3 Å². The average molecular weight is 315 g/mol. The number of benzene rings is 1. The molecular formula is C19H29N3O. The third-order valence-corrected chi connectivity index (χ3v) is 5.56. The average Bonchev–Trinajstić information content (AvgIpc) is 3.35. The summed E-state index contributed by atoms with van der Waals surface area (Å²) in [6.45, 7) is 1.86. The minimum Gasteiger partial charge on any atom is -0.496 e. The normalized spacial score (nSPS) is 19.9. The van der Waals surface area contributed by atoms with E-state index in [-0.39, 0.29) is 0 Å². The summed E-state index contributed by atoms with van der Waals surface area (Å²) in [5.41, 5.74) is 1.74. The summed E-state index contributed by atoms with van der Waals surface area (Å²) in [6, 6.07) is 8.18. The van der Waals surface area contributed by atoms with Crippen molar-refractivity contribution in [3.8, 4) is 5.75 Å². The van der Waals surface area contributed by atoms with Crippen LogP contribution in [0.4, 0.5) is 0 Å². The maximum atomic E-state index is 5.45. The molecule has 0 amide bonds. The molecule has 4 heteroatoms. The number of para-hydroxylation sites is 1. The Labute approximate surface area is 139 Å². The van der Waals surface area contributed by atoms with Crippen LogP contribution in [0.15, 0.2) is 29.3 Å². The van der Waals surface area contributed by atoms with Crippen molar-refractivity contribution in [3.05, 3.63) is 29.8 Å². The predicted octanol–water partition coefficient (Wildman–Crippen LogP) is 3.28. The van der Waals surface area contributed by atoms with Crippen molar-refractivity contribution in [1.82, 2.24) is 10.2 Å². The first-order valence-electron chi connectivity index (χ1n) is 8.72. The van der Waals surface area contributed by atoms with Crippen LogP contribution in [0.3, 0.4) is 0 Å². The van der Waals surface area contributed by atoms with E-state index in [1.165, 1.54) is 37.7 Å². The summed E-state index contributed by atoms with van der Waals surface area (Å²) < 4.78 is 5.45. The lowest BCUT2D eigenvalue weighted by molar-refractivity contribution is 0.105. The second kappa shape index (κ2) is 6.81. The highest BCUT2D eigenvalue weighted by molar-refractivity contribution is 5.79. The zero-order chi connectivity index (χ0) is 16.3. The highest BCUT2D eigenvalue weighted by Crippen LogP contribution is 2.56. The summed E-state index contributed by atoms with van der Waals surface area (Å²) >= 11 is 0. The third-order valence-electron chi connectivity index (χ3n) is 5.56. The molecule has 0 heterocycles. The van der Waals surface area contributed by atoms with Crippen LogP contribution in [0.1, 0.15) is 37.7 Å². The minimum absolute atomic E-state index is 0.557. The number of guanidine groups is 1. The van der Waals surface area contributed by atoms with Crippen LogP contribution >= 0.6 is 0 Å². The molecule has 1 aromatic carbocycles. The van der Waals surface area contributed by atoms with Crippen molar-refractivity contribution < 1.29 is 4.74 Å². The number of hydrogen-bond acceptors (Lipinski definition) is 2. The monoisotopic (exact) mass is 315 g/mol. The predicted molar refractivity (Wildman–Crippen MR) is 94.8 cm³/mol. The number of hydrogen-bond donors (Lipinski definition) is 1. The minimum atomic E-state index is 0.557. The van der Waals surface area contributed by atoms with Gasteiger partial charge >= 0.3 is 0 Å². The first kappa shape index (κ1) is 16.2. The van der Waals surface area contributed by atoms with E-state index in [4.69, 9.17) is 4.74 Å². The van der Waals surface area contributed by atoms with Gasteiger partial charge in [0.25, 0.3) is 0 Å². The van der Waals surface area contributed by atoms with Crippen LogP contribution in [0.2, 0.25) is 0 Å². The lowest BCUT2D eigenvalue weighted by Gasteiger charge is -2.43. The van der Waals surface area contributed by atoms with E-state index in [1.807, 2.05) is 19.2 Å². The van der Waals surface area contributed by atoms with Gasteiger partial charge in [-0.25, -0.2) is 0 Å². The molecule has 0 aliphatic heterocycles. The third kappa shape index (κ3) is 3.46. The molecule has 0 aromatic heterocycles. The molecule has 126 valence electrons. The fourth-order valence-electron chi connectivity index (χ4n) is 3.86. The summed E-state index contributed by atoms with van der Waals surface area (Å²) in [4.78, 5) is 6.65. The molecule has 23 heavy (non-hydrogen) atoms. The van der Waals surface area contributed by atoms with Crippen molar-refractivity contribution in [2.75, 3.05) is 27.7 Å². The molecule has 0 spiro atoms. The standard InChI is InChI=1S/C19H29N3O/c1-20-18(21-14-19(11-6-12-19)16-9-10-16)22(2)13-15-7-4-5-8-17(15)23-3/h4-5,7-8,16H,6,9-14H2,1-3H3,(H,20,21). The molecule has 2 aliphatic rings. The van der Waals surface area contributed by atoms with Gasteiger partial charge in [0.1, 0.15) is 5.75 Å². The molecule has 3 rings (SSSR count). The SMILES string of the molecule is CN=C(NCC1(C2CC2)CCC1)N(C)Cc1ccccc1OC. The first-order chi connectivity index (χ1) is 11.2. The summed E-state index contributed by atoms with van der Waals surface area (Å²) in [5, 5.41) is 3.63. The number of nitrogens with one attached hydrogen (secondary N) is 1. The summed E-state index contributed by atoms with van der Waals surface area (Å²) in [6.07, 6.45) is 7.03. The number of aliphatic imine (C=N–C) groups is 1. The van der Waals surface area contributed by atoms with Crippen LogP contribution in [-0.4, -0.2) is 38.6 Å². The maximum absolute atomic E-state index is 5.45. The first-order valence-corrected chi connectivity index (χ1v) is 8.72. The molecule has 0 saturated heterocycles. The van der Waals surface area contributed by atoms with E-state index in [9.17, 15) is 0 Å². The molecule has 2 fully saturated rings. The molecular weight excluding hydrogens is 286 g/mol. The highest BCUT2D eigenvalue weighted by atomic mass is 16.5. The fourth-order valence-corrected chi connectivity index (χ4v) is 3.86. The summed E-state index contributed by atoms with van der Waals surface area (Å²) in [7, 11) is 5.68. The van der Waals surface area contributed by atoms with Crippen molar-refractivity contribution in [1.29, 1.82) is 0 Å². The van der Waals surface area contributed by atoms with Gasteiger partial charge < -0.3 is 15.0 Å². The molecule has 0 radical (unpaired) electrons. The van der Waals surface area contributed by atoms with E-state index < -0.39 is 0 Å². The Morgan fingerprint density at radius 2 is 2.09 bits per heavy atom. The van der Waals surface area contributed by atoms with Crippen LogP contribution in [0.25, 0.3) is 0 Å². The van der Waals surface area contributed by atoms with E-state index in [0.717, 1.165) is 30.7 Å². The van der Waals surface area contributed by atoms with Gasteiger partial charge in [-0.3, -0.25) is 4.99 Å². The van der Waals surface area contributed by atoms with Gasteiger partial charge in [-0.15, -0.1) is 0 Å². The van der Waals surface area contributed by atoms with Gasteiger partial charge in [0.05, 0.1) is 7.11 Å². The Kier molecular flexibility index (Phi) is 4.79. The maximum Gasteiger partial charge on any atom is 0.193 e. The van der Waals surface area contributed by atoms with Crippen LogP contribution in [0, 0.1) is 11.3 Å². The molecule has 0 unspecified atom stereocenters. The quantitative estimate of drug-likeness (QED) is 0.646. The molecule has 1 N–H and O–H groups in total. The largest absolute Gasteiger partial charge is 0.496 e. The van der Waals surface area contributed by atoms with Gasteiger partial charge in [0.2, 0.25) is 0 Å². The number of methoxy groups -OCH3 is 1. The zero-order valence-electron chi connectivity index (χ0n) is 14.6. The van der Waals surface area contributed by atoms with E-state index in [0.29, 0.717) is 5.41 Å². The van der Waals surface area contributed by atoms with Gasteiger partial charge in [-0.1, -0.05) is 24.6 Å². The van der Waals surface area contributed by atoms with Crippen LogP contribution < -0.4 is 10.1 Å². The van der Waals surface area contributed by atoms with Gasteiger partial charge in [-0.05, 0) is 43.1 Å². The van der Waals surface area contributed by atoms with E-state index >= 15 is 0 Å². The van der Waals surface area contributed by atoms with Crippen molar-refractivity contribution >= 4 is 5.96 Å². The molecule has 2 saturated carbocycles. The number of nitrogens with zero attached hydrogens (tertiary/aromatic N) is 2. The fraction of sp³-hybridized carbons (Fsp3) is 0.632. The highest BCUT2D eigenvalue weighted by Gasteiger charge is 2.48. The van der Waals surface area contributed by atoms with Gasteiger partial charge in [0, 0.05) is 32.7 Å². The zero-order valence-corrected chi connectivity index (χ0v) is 14.6. The Bertz CT molecular complexity index is 561. The second-order valence-corrected chi connectivity index (χ2v) is 7.06. The number of rotatable bonds is 6. The lowest BCUT2D eigenvalue weighted by atomic mass is 9.65. The molecule has 4 nitrogen and oxygen atoms in total. The Balaban J connectivity index is 1.59. The van der Waals surface area contributed by atoms with Crippen molar-refractivity contribution in [2.45, 2.75) is 38.6 Å². The van der Waals surface area contributed by atoms with E-state index in [2.05, 4.69) is 34.4 Å². The summed E-state index contributed by atoms with van der Waals surface area (Å²) in [5.74, 6) is 2.87. The van der Waals surface area contributed by atoms with Gasteiger partial charge in [-0.2, -0.15) is 0 Å². The lowest BCUT2D eigenvalue weighted by Crippen LogP contribution is -2.47.